The third-order valence-electron chi connectivity index (χ3n) is 7.15. The fraction of sp³-hybridized carbons (Fsp3) is 0. The summed E-state index contributed by atoms with van der Waals surface area (Å²) < 4.78 is 6.09. The summed E-state index contributed by atoms with van der Waals surface area (Å²) in [4.78, 5) is 0. The summed E-state index contributed by atoms with van der Waals surface area (Å²) in [5, 5.41) is 7.44. The van der Waals surface area contributed by atoms with Crippen LogP contribution >= 0.6 is 0 Å². The molecule has 1 heterocycles. The van der Waals surface area contributed by atoms with E-state index in [1.165, 1.54) is 65.7 Å². The number of rotatable bonds is 1. The minimum atomic E-state index is 0.940. The fourth-order valence-electron chi connectivity index (χ4n) is 5.63. The molecule has 1 heteroatoms. The summed E-state index contributed by atoms with van der Waals surface area (Å²) in [7, 11) is 0. The lowest BCUT2D eigenvalue weighted by molar-refractivity contribution is 0.669. The first kappa shape index (κ1) is 17.2. The number of hydrogen-bond donors (Lipinski definition) is 0. The number of para-hydroxylation sites is 1. The van der Waals surface area contributed by atoms with Gasteiger partial charge >= 0.3 is 0 Å². The second kappa shape index (κ2) is 6.11. The molecule has 7 aromatic rings. The molecule has 0 N–H and O–H groups in total. The maximum absolute atomic E-state index is 6.09. The quantitative estimate of drug-likeness (QED) is 0.259. The van der Waals surface area contributed by atoms with Gasteiger partial charge in [-0.25, -0.2) is 0 Å². The van der Waals surface area contributed by atoms with Crippen molar-refractivity contribution in [3.05, 3.63) is 109 Å². The highest BCUT2D eigenvalue weighted by molar-refractivity contribution is 6.16. The largest absolute Gasteiger partial charge is 0.456 e. The second-order valence-electron chi connectivity index (χ2n) is 8.98. The predicted molar refractivity (Wildman–Crippen MR) is 139 cm³/mol. The molecule has 1 nitrogen and oxygen atoms in total. The van der Waals surface area contributed by atoms with Gasteiger partial charge in [0.2, 0.25) is 0 Å². The summed E-state index contributed by atoms with van der Waals surface area (Å²) >= 11 is 0. The van der Waals surface area contributed by atoms with E-state index in [1.54, 1.807) is 0 Å². The molecule has 0 spiro atoms. The molecule has 0 unspecified atom stereocenters. The maximum atomic E-state index is 6.09. The molecule has 8 rings (SSSR count). The van der Waals surface area contributed by atoms with Crippen LogP contribution in [0.15, 0.2) is 114 Å². The lowest BCUT2D eigenvalue weighted by atomic mass is 9.94. The van der Waals surface area contributed by atoms with Crippen LogP contribution in [0.5, 0.6) is 0 Å². The van der Waals surface area contributed by atoms with E-state index in [9.17, 15) is 0 Å². The van der Waals surface area contributed by atoms with Crippen LogP contribution in [0.25, 0.3) is 76.9 Å². The molecule has 0 aliphatic heterocycles. The zero-order valence-electron chi connectivity index (χ0n) is 17.8. The minimum absolute atomic E-state index is 0.940. The van der Waals surface area contributed by atoms with Gasteiger partial charge in [-0.3, -0.25) is 0 Å². The van der Waals surface area contributed by atoms with Crippen LogP contribution in [0.3, 0.4) is 0 Å². The zero-order valence-corrected chi connectivity index (χ0v) is 17.8. The Hall–Kier alpha value is -4.36. The van der Waals surface area contributed by atoms with Crippen LogP contribution in [-0.4, -0.2) is 0 Å². The van der Waals surface area contributed by atoms with Crippen molar-refractivity contribution in [3.63, 3.8) is 0 Å². The molecule has 0 fully saturated rings. The molecule has 0 amide bonds. The Morgan fingerprint density at radius 2 is 1.18 bits per heavy atom. The lowest BCUT2D eigenvalue weighted by Crippen LogP contribution is -1.83. The van der Waals surface area contributed by atoms with Crippen molar-refractivity contribution >= 4 is 43.5 Å². The molecular formula is C32H18O. The predicted octanol–water partition coefficient (Wildman–Crippen LogP) is 9.21. The van der Waals surface area contributed by atoms with Gasteiger partial charge in [-0.1, -0.05) is 72.8 Å². The van der Waals surface area contributed by atoms with Gasteiger partial charge in [0, 0.05) is 10.8 Å². The Morgan fingerprint density at radius 3 is 2.12 bits per heavy atom. The van der Waals surface area contributed by atoms with Crippen molar-refractivity contribution in [1.82, 2.24) is 0 Å². The van der Waals surface area contributed by atoms with Crippen LogP contribution in [0.1, 0.15) is 0 Å². The van der Waals surface area contributed by atoms with Crippen LogP contribution < -0.4 is 0 Å². The van der Waals surface area contributed by atoms with E-state index in [0.29, 0.717) is 0 Å². The van der Waals surface area contributed by atoms with Crippen molar-refractivity contribution < 1.29 is 4.42 Å². The fourth-order valence-corrected chi connectivity index (χ4v) is 5.63. The molecule has 33 heavy (non-hydrogen) atoms. The van der Waals surface area contributed by atoms with Crippen molar-refractivity contribution in [2.45, 2.75) is 0 Å². The van der Waals surface area contributed by atoms with Crippen LogP contribution in [-0.2, 0) is 0 Å². The summed E-state index contributed by atoms with van der Waals surface area (Å²) in [5.74, 6) is 0. The Morgan fingerprint density at radius 1 is 0.394 bits per heavy atom. The molecular weight excluding hydrogens is 400 g/mol. The Balaban J connectivity index is 1.38. The summed E-state index contributed by atoms with van der Waals surface area (Å²) in [6, 6.07) is 39.6. The van der Waals surface area contributed by atoms with E-state index in [-0.39, 0.29) is 0 Å². The van der Waals surface area contributed by atoms with Gasteiger partial charge in [0.15, 0.2) is 0 Å². The van der Waals surface area contributed by atoms with Crippen LogP contribution in [0, 0.1) is 0 Å². The SMILES string of the molecule is c1ccc2c(c1)-c1cccc3cc(-c4ccc5cc6oc7ccccc7c6cc5c4)cc-2c13. The summed E-state index contributed by atoms with van der Waals surface area (Å²) in [5.41, 5.74) is 9.73. The topological polar surface area (TPSA) is 13.1 Å². The van der Waals surface area contributed by atoms with Crippen molar-refractivity contribution in [2.24, 2.45) is 0 Å². The monoisotopic (exact) mass is 418 g/mol. The molecule has 0 saturated carbocycles. The first-order valence-electron chi connectivity index (χ1n) is 11.4. The average molecular weight is 418 g/mol. The Labute approximate surface area is 190 Å². The third kappa shape index (κ3) is 2.31. The van der Waals surface area contributed by atoms with Crippen molar-refractivity contribution in [1.29, 1.82) is 0 Å². The van der Waals surface area contributed by atoms with E-state index in [2.05, 4.69) is 97.1 Å². The Kier molecular flexibility index (Phi) is 3.19. The normalized spacial score (nSPS) is 12.2. The highest BCUT2D eigenvalue weighted by Crippen LogP contribution is 2.48. The minimum Gasteiger partial charge on any atom is -0.456 e. The van der Waals surface area contributed by atoms with Crippen molar-refractivity contribution in [2.75, 3.05) is 0 Å². The first-order chi connectivity index (χ1) is 16.3. The zero-order chi connectivity index (χ0) is 21.5. The highest BCUT2D eigenvalue weighted by atomic mass is 16.3. The maximum Gasteiger partial charge on any atom is 0.136 e. The van der Waals surface area contributed by atoms with Gasteiger partial charge in [-0.15, -0.1) is 0 Å². The van der Waals surface area contributed by atoms with Gasteiger partial charge < -0.3 is 4.42 Å². The van der Waals surface area contributed by atoms with Gasteiger partial charge in [-0.2, -0.15) is 0 Å². The average Bonchev–Trinajstić information content (AvgIpc) is 3.39. The molecule has 0 radical (unpaired) electrons. The number of benzene rings is 6. The molecule has 1 aliphatic carbocycles. The van der Waals surface area contributed by atoms with Gasteiger partial charge in [0.25, 0.3) is 0 Å². The van der Waals surface area contributed by atoms with Crippen LogP contribution in [0.4, 0.5) is 0 Å². The third-order valence-corrected chi connectivity index (χ3v) is 7.15. The smallest absolute Gasteiger partial charge is 0.136 e. The van der Waals surface area contributed by atoms with E-state index < -0.39 is 0 Å². The van der Waals surface area contributed by atoms with E-state index in [4.69, 9.17) is 4.42 Å². The molecule has 0 saturated heterocycles. The number of hydrogen-bond acceptors (Lipinski definition) is 1. The molecule has 1 aliphatic rings. The van der Waals surface area contributed by atoms with E-state index >= 15 is 0 Å². The first-order valence-corrected chi connectivity index (χ1v) is 11.4. The standard InChI is InChI=1S/C32H18O/c1-2-8-25-24(7-1)27-10-5-6-21-15-23(17-29(25)32(21)27)19-12-13-20-18-31-28(16-22(20)14-19)26-9-3-4-11-30(26)33-31/h1-18H. The molecule has 0 atom stereocenters. The van der Waals surface area contributed by atoms with Gasteiger partial charge in [0.05, 0.1) is 0 Å². The summed E-state index contributed by atoms with van der Waals surface area (Å²) in [6.07, 6.45) is 0. The second-order valence-corrected chi connectivity index (χ2v) is 8.98. The van der Waals surface area contributed by atoms with Gasteiger partial charge in [-0.05, 0) is 91.3 Å². The van der Waals surface area contributed by atoms with Crippen LogP contribution in [0.2, 0.25) is 0 Å². The lowest BCUT2D eigenvalue weighted by Gasteiger charge is -2.09. The molecule has 1 aromatic heterocycles. The van der Waals surface area contributed by atoms with Crippen molar-refractivity contribution in [3.8, 4) is 33.4 Å². The van der Waals surface area contributed by atoms with E-state index in [1.807, 2.05) is 12.1 Å². The summed E-state index contributed by atoms with van der Waals surface area (Å²) in [6.45, 7) is 0. The van der Waals surface area contributed by atoms with Gasteiger partial charge in [0.1, 0.15) is 11.2 Å². The Bertz CT molecular complexity index is 1920. The number of fused-ring (bicyclic) bond motifs is 7. The highest BCUT2D eigenvalue weighted by Gasteiger charge is 2.21. The van der Waals surface area contributed by atoms with E-state index in [0.717, 1.165) is 11.2 Å². The number of furan rings is 1. The molecule has 152 valence electrons. The molecule has 6 aromatic carbocycles. The molecule has 0 bridgehead atoms.